The van der Waals surface area contributed by atoms with Gasteiger partial charge in [-0.3, -0.25) is 9.59 Å². The first-order valence-corrected chi connectivity index (χ1v) is 8.11. The smallest absolute Gasteiger partial charge is 0.233 e. The molecule has 0 unspecified atom stereocenters. The Balaban J connectivity index is 1.48. The molecule has 1 aromatic heterocycles. The van der Waals surface area contributed by atoms with E-state index in [1.54, 1.807) is 9.58 Å². The van der Waals surface area contributed by atoms with Crippen molar-refractivity contribution in [3.63, 3.8) is 0 Å². The summed E-state index contributed by atoms with van der Waals surface area (Å²) < 4.78 is 1.80. The van der Waals surface area contributed by atoms with Gasteiger partial charge in [-0.2, -0.15) is 0 Å². The fraction of sp³-hybridized carbons (Fsp3) is 0.750. The Morgan fingerprint density at radius 2 is 1.95 bits per heavy atom. The van der Waals surface area contributed by atoms with Gasteiger partial charge in [-0.15, -0.1) is 5.10 Å². The van der Waals surface area contributed by atoms with E-state index in [0.717, 1.165) is 12.8 Å². The molecule has 21 heavy (non-hydrogen) atoms. The number of amides is 2. The predicted molar refractivity (Wildman–Crippen MR) is 75.3 cm³/mol. The van der Waals surface area contributed by atoms with Crippen LogP contribution < -0.4 is 5.73 Å². The van der Waals surface area contributed by atoms with Gasteiger partial charge in [-0.25, -0.2) is 4.68 Å². The van der Waals surface area contributed by atoms with Gasteiger partial charge in [0.05, 0.1) is 11.8 Å². The molecule has 9 heteroatoms. The largest absolute Gasteiger partial charge is 0.369 e. The van der Waals surface area contributed by atoms with Crippen LogP contribution in [0.25, 0.3) is 0 Å². The van der Waals surface area contributed by atoms with E-state index >= 15 is 0 Å². The number of primary amides is 1. The Kier molecular flexibility index (Phi) is 4.09. The number of likely N-dealkylation sites (tertiary alicyclic amines) is 1. The van der Waals surface area contributed by atoms with Crippen LogP contribution in [0.4, 0.5) is 0 Å². The van der Waals surface area contributed by atoms with Crippen molar-refractivity contribution in [2.75, 3.05) is 18.8 Å². The molecule has 0 radical (unpaired) electrons. The van der Waals surface area contributed by atoms with Gasteiger partial charge >= 0.3 is 0 Å². The minimum absolute atomic E-state index is 0.0632. The maximum atomic E-state index is 12.2. The van der Waals surface area contributed by atoms with Crippen LogP contribution in [0.2, 0.25) is 0 Å². The number of nitrogens with two attached hydrogens (primary N) is 1. The molecule has 1 aliphatic heterocycles. The second kappa shape index (κ2) is 6.00. The van der Waals surface area contributed by atoms with Crippen molar-refractivity contribution < 1.29 is 9.59 Å². The monoisotopic (exact) mass is 310 g/mol. The molecule has 0 spiro atoms. The summed E-state index contributed by atoms with van der Waals surface area (Å²) in [6.45, 7) is 1.20. The highest BCUT2D eigenvalue weighted by Crippen LogP contribution is 2.36. The minimum Gasteiger partial charge on any atom is -0.369 e. The summed E-state index contributed by atoms with van der Waals surface area (Å²) in [5, 5.41) is 12.3. The molecule has 1 saturated heterocycles. The molecule has 1 aromatic rings. The van der Waals surface area contributed by atoms with Gasteiger partial charge in [-0.1, -0.05) is 11.8 Å². The van der Waals surface area contributed by atoms with Crippen LogP contribution in [0.1, 0.15) is 31.7 Å². The van der Waals surface area contributed by atoms with Gasteiger partial charge < -0.3 is 10.6 Å². The molecule has 8 nitrogen and oxygen atoms in total. The van der Waals surface area contributed by atoms with Crippen LogP contribution in [0.5, 0.6) is 0 Å². The van der Waals surface area contributed by atoms with Gasteiger partial charge in [0.15, 0.2) is 0 Å². The molecular weight excluding hydrogens is 292 g/mol. The molecule has 1 aliphatic carbocycles. The quantitative estimate of drug-likeness (QED) is 0.756. The second-order valence-corrected chi connectivity index (χ2v) is 6.43. The van der Waals surface area contributed by atoms with Crippen molar-refractivity contribution in [1.29, 1.82) is 0 Å². The second-order valence-electron chi connectivity index (χ2n) is 5.48. The molecule has 3 rings (SSSR count). The van der Waals surface area contributed by atoms with E-state index in [9.17, 15) is 9.59 Å². The highest BCUT2D eigenvalue weighted by Gasteiger charge is 2.29. The summed E-state index contributed by atoms with van der Waals surface area (Å²) in [5.74, 6) is 0.0335. The van der Waals surface area contributed by atoms with Gasteiger partial charge in [0, 0.05) is 19.0 Å². The maximum Gasteiger partial charge on any atom is 0.233 e. The average Bonchev–Trinajstić information content (AvgIpc) is 3.23. The fourth-order valence-corrected chi connectivity index (χ4v) is 3.31. The molecular formula is C12H18N6O2S. The predicted octanol–water partition coefficient (Wildman–Crippen LogP) is -0.176. The van der Waals surface area contributed by atoms with Crippen LogP contribution in [-0.2, 0) is 9.59 Å². The van der Waals surface area contributed by atoms with E-state index in [2.05, 4.69) is 15.5 Å². The number of rotatable bonds is 5. The van der Waals surface area contributed by atoms with E-state index in [4.69, 9.17) is 5.73 Å². The molecule has 0 aromatic carbocycles. The first-order chi connectivity index (χ1) is 10.1. The van der Waals surface area contributed by atoms with E-state index in [-0.39, 0.29) is 17.7 Å². The number of aromatic nitrogens is 4. The van der Waals surface area contributed by atoms with Crippen LogP contribution in [0, 0.1) is 5.92 Å². The number of nitrogens with zero attached hydrogens (tertiary/aromatic N) is 5. The van der Waals surface area contributed by atoms with Crippen LogP contribution in [-0.4, -0.2) is 55.8 Å². The molecule has 2 heterocycles. The minimum atomic E-state index is -0.264. The molecule has 2 aliphatic rings. The summed E-state index contributed by atoms with van der Waals surface area (Å²) in [7, 11) is 0. The highest BCUT2D eigenvalue weighted by atomic mass is 32.2. The lowest BCUT2D eigenvalue weighted by Crippen LogP contribution is -2.42. The Morgan fingerprint density at radius 3 is 2.57 bits per heavy atom. The Labute approximate surface area is 126 Å². The first kappa shape index (κ1) is 14.3. The fourth-order valence-electron chi connectivity index (χ4n) is 2.46. The lowest BCUT2D eigenvalue weighted by molar-refractivity contribution is -0.132. The number of hydrogen-bond donors (Lipinski definition) is 1. The Morgan fingerprint density at radius 1 is 1.24 bits per heavy atom. The van der Waals surface area contributed by atoms with Crippen LogP contribution >= 0.6 is 11.8 Å². The van der Waals surface area contributed by atoms with E-state index < -0.39 is 0 Å². The third kappa shape index (κ3) is 3.34. The summed E-state index contributed by atoms with van der Waals surface area (Å²) in [6, 6.07) is 0.406. The maximum absolute atomic E-state index is 12.2. The Bertz CT molecular complexity index is 536. The zero-order valence-corrected chi connectivity index (χ0v) is 12.5. The summed E-state index contributed by atoms with van der Waals surface area (Å²) in [5.41, 5.74) is 5.29. The van der Waals surface area contributed by atoms with Gasteiger partial charge in [0.1, 0.15) is 0 Å². The van der Waals surface area contributed by atoms with Gasteiger partial charge in [0.25, 0.3) is 0 Å². The summed E-state index contributed by atoms with van der Waals surface area (Å²) in [6.07, 6.45) is 3.53. The summed E-state index contributed by atoms with van der Waals surface area (Å²) >= 11 is 1.37. The lowest BCUT2D eigenvalue weighted by Gasteiger charge is -2.30. The number of piperidine rings is 1. The van der Waals surface area contributed by atoms with Gasteiger partial charge in [-0.05, 0) is 36.1 Å². The van der Waals surface area contributed by atoms with Gasteiger partial charge in [0.2, 0.25) is 17.0 Å². The lowest BCUT2D eigenvalue weighted by atomic mass is 9.96. The van der Waals surface area contributed by atoms with Crippen LogP contribution in [0.15, 0.2) is 5.16 Å². The third-order valence-corrected chi connectivity index (χ3v) is 4.85. The molecule has 2 N–H and O–H groups in total. The van der Waals surface area contributed by atoms with Crippen molar-refractivity contribution in [3.8, 4) is 0 Å². The van der Waals surface area contributed by atoms with E-state index in [0.29, 0.717) is 42.9 Å². The Hall–Kier alpha value is -1.64. The number of carbonyl (C=O) groups excluding carboxylic acids is 2. The molecule has 0 atom stereocenters. The topological polar surface area (TPSA) is 107 Å². The van der Waals surface area contributed by atoms with Crippen molar-refractivity contribution in [2.24, 2.45) is 11.7 Å². The van der Waals surface area contributed by atoms with Crippen molar-refractivity contribution >= 4 is 23.6 Å². The molecule has 2 amide bonds. The van der Waals surface area contributed by atoms with Crippen molar-refractivity contribution in [1.82, 2.24) is 25.1 Å². The number of hydrogen-bond acceptors (Lipinski definition) is 6. The zero-order valence-electron chi connectivity index (χ0n) is 11.6. The highest BCUT2D eigenvalue weighted by molar-refractivity contribution is 7.99. The van der Waals surface area contributed by atoms with Crippen molar-refractivity contribution in [3.05, 3.63) is 0 Å². The zero-order chi connectivity index (χ0) is 14.8. The number of tetrazole rings is 1. The average molecular weight is 310 g/mol. The molecule has 2 fully saturated rings. The van der Waals surface area contributed by atoms with Crippen molar-refractivity contribution in [2.45, 2.75) is 36.9 Å². The summed E-state index contributed by atoms with van der Waals surface area (Å²) in [4.78, 5) is 25.1. The normalized spacial score (nSPS) is 19.7. The SMILES string of the molecule is NC(=O)C1CCN(C(=O)CSc2nnnn2C2CC2)CC1. The molecule has 114 valence electrons. The first-order valence-electron chi connectivity index (χ1n) is 7.13. The number of thioether (sulfide) groups is 1. The molecule has 1 saturated carbocycles. The third-order valence-electron chi connectivity index (χ3n) is 3.93. The number of carbonyl (C=O) groups is 2. The molecule has 0 bridgehead atoms. The standard InChI is InChI=1S/C12H18N6O2S/c13-11(20)8-3-5-17(6-4-8)10(19)7-21-12-14-15-16-18(12)9-1-2-9/h8-9H,1-7H2,(H2,13,20). The van der Waals surface area contributed by atoms with Crippen LogP contribution in [0.3, 0.4) is 0 Å². The van der Waals surface area contributed by atoms with E-state index in [1.165, 1.54) is 11.8 Å². The van der Waals surface area contributed by atoms with E-state index in [1.807, 2.05) is 0 Å².